The van der Waals surface area contributed by atoms with Gasteiger partial charge in [-0.25, -0.2) is 4.98 Å². The summed E-state index contributed by atoms with van der Waals surface area (Å²) >= 11 is 6.03. The Morgan fingerprint density at radius 2 is 2.25 bits per heavy atom. The lowest BCUT2D eigenvalue weighted by atomic mass is 10.0. The van der Waals surface area contributed by atoms with Gasteiger partial charge in [-0.1, -0.05) is 18.5 Å². The lowest BCUT2D eigenvalue weighted by molar-refractivity contribution is 0.0652. The molecular weight excluding hydrogens is 274 g/mol. The Hall–Kier alpha value is -1.29. The van der Waals surface area contributed by atoms with E-state index in [0.717, 1.165) is 32.4 Å². The summed E-state index contributed by atoms with van der Waals surface area (Å²) < 4.78 is 0. The highest BCUT2D eigenvalue weighted by molar-refractivity contribution is 6.29. The molecule has 0 aromatic carbocycles. The van der Waals surface area contributed by atoms with Gasteiger partial charge in [0.15, 0.2) is 0 Å². The minimum absolute atomic E-state index is 0.0383. The van der Waals surface area contributed by atoms with E-state index in [1.54, 1.807) is 12.1 Å². The highest BCUT2D eigenvalue weighted by Gasteiger charge is 2.35. The Bertz CT molecular complexity index is 502. The number of carbonyl (C=O) groups is 1. The summed E-state index contributed by atoms with van der Waals surface area (Å²) in [6, 6.07) is 3.44. The average molecular weight is 296 g/mol. The van der Waals surface area contributed by atoms with E-state index in [1.807, 2.05) is 4.90 Å². The number of nitrogens with one attached hydrogen (secondary N) is 1. The Morgan fingerprint density at radius 1 is 1.50 bits per heavy atom. The van der Waals surface area contributed by atoms with Crippen LogP contribution in [-0.4, -0.2) is 34.4 Å². The molecule has 4 nitrogen and oxygen atoms in total. The van der Waals surface area contributed by atoms with Gasteiger partial charge in [-0.15, -0.1) is 0 Å². The first-order chi connectivity index (χ1) is 9.44. The van der Waals surface area contributed by atoms with Crippen LogP contribution in [0.2, 0.25) is 5.15 Å². The van der Waals surface area contributed by atoms with Gasteiger partial charge < -0.3 is 10.2 Å². The van der Waals surface area contributed by atoms with Gasteiger partial charge in [0.2, 0.25) is 0 Å². The minimum atomic E-state index is -0.0795. The Balaban J connectivity index is 2.23. The number of carbonyl (C=O) groups excluding carboxylic acids is 1. The fourth-order valence-corrected chi connectivity index (χ4v) is 2.81. The van der Waals surface area contributed by atoms with Gasteiger partial charge in [0, 0.05) is 24.2 Å². The predicted octanol–water partition coefficient (Wildman–Crippen LogP) is 3.57. The largest absolute Gasteiger partial charge is 0.370 e. The summed E-state index contributed by atoms with van der Waals surface area (Å²) in [6.45, 7) is 7.92. The van der Waals surface area contributed by atoms with E-state index in [-0.39, 0.29) is 11.4 Å². The van der Waals surface area contributed by atoms with Gasteiger partial charge in [0.05, 0.1) is 0 Å². The fourth-order valence-electron chi connectivity index (χ4n) is 2.60. The SMILES string of the molecule is CCCNc1cc(C(=O)N2CCCC2(C)C)cc(Cl)n1. The van der Waals surface area contributed by atoms with Gasteiger partial charge in [0.25, 0.3) is 5.91 Å². The number of pyridine rings is 1. The topological polar surface area (TPSA) is 45.2 Å². The summed E-state index contributed by atoms with van der Waals surface area (Å²) in [5.74, 6) is 0.705. The number of rotatable bonds is 4. The van der Waals surface area contributed by atoms with Gasteiger partial charge in [-0.3, -0.25) is 4.79 Å². The smallest absolute Gasteiger partial charge is 0.254 e. The van der Waals surface area contributed by atoms with Gasteiger partial charge >= 0.3 is 0 Å². The predicted molar refractivity (Wildman–Crippen MR) is 82.4 cm³/mol. The molecule has 0 atom stereocenters. The number of halogens is 1. The van der Waals surface area contributed by atoms with Crippen LogP contribution in [0.15, 0.2) is 12.1 Å². The van der Waals surface area contributed by atoms with Gasteiger partial charge in [0.1, 0.15) is 11.0 Å². The minimum Gasteiger partial charge on any atom is -0.370 e. The molecule has 0 spiro atoms. The number of amides is 1. The van der Waals surface area contributed by atoms with Crippen LogP contribution >= 0.6 is 11.6 Å². The Morgan fingerprint density at radius 3 is 2.85 bits per heavy atom. The third-order valence-electron chi connectivity index (χ3n) is 3.74. The summed E-state index contributed by atoms with van der Waals surface area (Å²) in [6.07, 6.45) is 3.09. The maximum Gasteiger partial charge on any atom is 0.254 e. The first-order valence-electron chi connectivity index (χ1n) is 7.17. The van der Waals surface area contributed by atoms with Crippen molar-refractivity contribution in [2.45, 2.75) is 45.6 Å². The van der Waals surface area contributed by atoms with Crippen molar-refractivity contribution < 1.29 is 4.79 Å². The normalized spacial score (nSPS) is 17.3. The van der Waals surface area contributed by atoms with Crippen molar-refractivity contribution in [3.05, 3.63) is 22.8 Å². The number of anilines is 1. The molecule has 0 aliphatic carbocycles. The summed E-state index contributed by atoms with van der Waals surface area (Å²) in [5.41, 5.74) is 0.530. The molecular formula is C15H22ClN3O. The highest BCUT2D eigenvalue weighted by atomic mass is 35.5. The number of likely N-dealkylation sites (tertiary alicyclic amines) is 1. The Kier molecular flexibility index (Phi) is 4.53. The third-order valence-corrected chi connectivity index (χ3v) is 3.94. The second kappa shape index (κ2) is 6.00. The van der Waals surface area contributed by atoms with Crippen LogP contribution in [0.25, 0.3) is 0 Å². The van der Waals surface area contributed by atoms with E-state index in [9.17, 15) is 4.79 Å². The standard InChI is InChI=1S/C15H22ClN3O/c1-4-7-17-13-10-11(9-12(16)18-13)14(20)19-8-5-6-15(19,2)3/h9-10H,4-8H2,1-3H3,(H,17,18). The summed E-state index contributed by atoms with van der Waals surface area (Å²) in [7, 11) is 0. The second-order valence-corrected chi connectivity index (χ2v) is 6.25. The van der Waals surface area contributed by atoms with Crippen molar-refractivity contribution in [3.63, 3.8) is 0 Å². The quantitative estimate of drug-likeness (QED) is 0.864. The van der Waals surface area contributed by atoms with Crippen LogP contribution in [0.1, 0.15) is 50.4 Å². The number of nitrogens with zero attached hydrogens (tertiary/aromatic N) is 2. The van der Waals surface area contributed by atoms with Crippen LogP contribution in [0.4, 0.5) is 5.82 Å². The van der Waals surface area contributed by atoms with E-state index >= 15 is 0 Å². The zero-order valence-electron chi connectivity index (χ0n) is 12.4. The molecule has 5 heteroatoms. The molecule has 1 N–H and O–H groups in total. The van der Waals surface area contributed by atoms with Crippen molar-refractivity contribution in [2.75, 3.05) is 18.4 Å². The van der Waals surface area contributed by atoms with E-state index in [0.29, 0.717) is 16.5 Å². The van der Waals surface area contributed by atoms with E-state index in [4.69, 9.17) is 11.6 Å². The van der Waals surface area contributed by atoms with Crippen molar-refractivity contribution in [3.8, 4) is 0 Å². The van der Waals surface area contributed by atoms with Crippen molar-refractivity contribution in [2.24, 2.45) is 0 Å². The summed E-state index contributed by atoms with van der Waals surface area (Å²) in [4.78, 5) is 18.8. The van der Waals surface area contributed by atoms with Crippen LogP contribution in [0.5, 0.6) is 0 Å². The van der Waals surface area contributed by atoms with Gasteiger partial charge in [-0.05, 0) is 45.2 Å². The first-order valence-corrected chi connectivity index (χ1v) is 7.55. The molecule has 0 unspecified atom stereocenters. The van der Waals surface area contributed by atoms with E-state index in [1.165, 1.54) is 0 Å². The molecule has 20 heavy (non-hydrogen) atoms. The third kappa shape index (κ3) is 3.23. The van der Waals surface area contributed by atoms with Crippen molar-refractivity contribution >= 4 is 23.3 Å². The molecule has 1 amide bonds. The maximum absolute atomic E-state index is 12.7. The molecule has 2 rings (SSSR count). The molecule has 1 fully saturated rings. The van der Waals surface area contributed by atoms with Crippen LogP contribution < -0.4 is 5.32 Å². The molecule has 0 bridgehead atoms. The number of hydrogen-bond acceptors (Lipinski definition) is 3. The average Bonchev–Trinajstić information content (AvgIpc) is 2.74. The van der Waals surface area contributed by atoms with Gasteiger partial charge in [-0.2, -0.15) is 0 Å². The van der Waals surface area contributed by atoms with E-state index < -0.39 is 0 Å². The maximum atomic E-state index is 12.7. The molecule has 0 saturated carbocycles. The molecule has 1 saturated heterocycles. The molecule has 110 valence electrons. The lowest BCUT2D eigenvalue weighted by Crippen LogP contribution is -2.42. The van der Waals surface area contributed by atoms with Crippen molar-refractivity contribution in [1.29, 1.82) is 0 Å². The number of hydrogen-bond donors (Lipinski definition) is 1. The Labute approximate surface area is 125 Å². The zero-order chi connectivity index (χ0) is 14.8. The van der Waals surface area contributed by atoms with Crippen LogP contribution in [0, 0.1) is 0 Å². The lowest BCUT2D eigenvalue weighted by Gasteiger charge is -2.31. The number of aromatic nitrogens is 1. The molecule has 0 radical (unpaired) electrons. The van der Waals surface area contributed by atoms with Crippen molar-refractivity contribution in [1.82, 2.24) is 9.88 Å². The molecule has 1 aromatic rings. The highest BCUT2D eigenvalue weighted by Crippen LogP contribution is 2.30. The fraction of sp³-hybridized carbons (Fsp3) is 0.600. The zero-order valence-corrected chi connectivity index (χ0v) is 13.1. The first kappa shape index (κ1) is 15.1. The molecule has 2 heterocycles. The van der Waals surface area contributed by atoms with E-state index in [2.05, 4.69) is 31.1 Å². The second-order valence-electron chi connectivity index (χ2n) is 5.86. The van der Waals surface area contributed by atoms with Crippen LogP contribution in [0.3, 0.4) is 0 Å². The molecule has 1 aliphatic rings. The molecule has 1 aromatic heterocycles. The van der Waals surface area contributed by atoms with Crippen LogP contribution in [-0.2, 0) is 0 Å². The molecule has 1 aliphatic heterocycles. The summed E-state index contributed by atoms with van der Waals surface area (Å²) in [5, 5.41) is 3.53. The monoisotopic (exact) mass is 295 g/mol.